The van der Waals surface area contributed by atoms with Crippen LogP contribution in [0.5, 0.6) is 11.5 Å². The number of rotatable bonds is 7. The van der Waals surface area contributed by atoms with Crippen LogP contribution in [0.4, 0.5) is 0 Å². The Morgan fingerprint density at radius 3 is 2.35 bits per heavy atom. The minimum atomic E-state index is -0.989. The van der Waals surface area contributed by atoms with E-state index in [4.69, 9.17) is 14.6 Å². The van der Waals surface area contributed by atoms with Crippen LogP contribution < -0.4 is 9.47 Å². The number of fused-ring (bicyclic) bond motifs is 2. The number of benzene rings is 3. The van der Waals surface area contributed by atoms with Crippen LogP contribution in [-0.2, 0) is 30.8 Å². The lowest BCUT2D eigenvalue weighted by Crippen LogP contribution is -2.16. The number of carboxylic acids is 1. The zero-order valence-electron chi connectivity index (χ0n) is 17.3. The van der Waals surface area contributed by atoms with E-state index in [-0.39, 0.29) is 12.7 Å². The van der Waals surface area contributed by atoms with Gasteiger partial charge in [0.1, 0.15) is 17.6 Å². The van der Waals surface area contributed by atoms with Crippen molar-refractivity contribution < 1.29 is 19.4 Å². The van der Waals surface area contributed by atoms with Gasteiger partial charge in [0.05, 0.1) is 0 Å². The van der Waals surface area contributed by atoms with E-state index in [2.05, 4.69) is 47.4 Å². The first-order valence-electron chi connectivity index (χ1n) is 10.7. The first-order valence-corrected chi connectivity index (χ1v) is 10.7. The topological polar surface area (TPSA) is 59.0 Å². The largest absolute Gasteiger partial charge is 0.486 e. The molecule has 1 aliphatic heterocycles. The van der Waals surface area contributed by atoms with Gasteiger partial charge in [0.15, 0.2) is 6.61 Å². The fraction of sp³-hybridized carbons (Fsp3) is 0.269. The van der Waals surface area contributed by atoms with Crippen LogP contribution in [0, 0.1) is 0 Å². The minimum Gasteiger partial charge on any atom is -0.486 e. The Hall–Kier alpha value is -3.31. The molecule has 0 saturated heterocycles. The minimum absolute atomic E-state index is 0.0384. The monoisotopic (exact) mass is 415 g/mol. The Morgan fingerprint density at radius 2 is 1.65 bits per heavy atom. The maximum absolute atomic E-state index is 10.6. The molecule has 5 nitrogen and oxygen atoms in total. The molecule has 0 aromatic heterocycles. The summed E-state index contributed by atoms with van der Waals surface area (Å²) in [5.74, 6) is 0.299. The quantitative estimate of drug-likeness (QED) is 0.604. The van der Waals surface area contributed by atoms with Gasteiger partial charge in [-0.3, -0.25) is 4.90 Å². The molecule has 0 spiro atoms. The van der Waals surface area contributed by atoms with Crippen molar-refractivity contribution in [2.45, 2.75) is 38.6 Å². The van der Waals surface area contributed by atoms with Gasteiger partial charge in [-0.05, 0) is 64.9 Å². The van der Waals surface area contributed by atoms with Gasteiger partial charge in [-0.2, -0.15) is 0 Å². The normalized spacial score (nSPS) is 17.2. The van der Waals surface area contributed by atoms with Crippen LogP contribution in [0.15, 0.2) is 66.7 Å². The lowest BCUT2D eigenvalue weighted by molar-refractivity contribution is -0.139. The van der Waals surface area contributed by atoms with Crippen molar-refractivity contribution in [3.8, 4) is 11.5 Å². The fourth-order valence-electron chi connectivity index (χ4n) is 4.64. The summed E-state index contributed by atoms with van der Waals surface area (Å²) in [5, 5.41) is 8.72. The standard InChI is InChI=1S/C26H25NO4/c28-26(29)17-30-21-8-10-22(11-9-21)31-25-13-12-23-20(6-3-7-24(23)25)16-27-14-18-4-1-2-5-19(18)15-27/h1-11,25H,12-17H2,(H,28,29)/t25-/m1/s1. The van der Waals surface area contributed by atoms with E-state index in [1.165, 1.54) is 27.8 Å². The van der Waals surface area contributed by atoms with E-state index in [0.29, 0.717) is 5.75 Å². The number of hydrogen-bond donors (Lipinski definition) is 1. The van der Waals surface area contributed by atoms with Gasteiger partial charge in [-0.1, -0.05) is 42.5 Å². The van der Waals surface area contributed by atoms with Crippen molar-refractivity contribution in [1.82, 2.24) is 4.90 Å². The molecule has 1 aliphatic carbocycles. The third kappa shape index (κ3) is 4.28. The highest BCUT2D eigenvalue weighted by molar-refractivity contribution is 5.68. The summed E-state index contributed by atoms with van der Waals surface area (Å²) >= 11 is 0. The summed E-state index contributed by atoms with van der Waals surface area (Å²) in [5.41, 5.74) is 6.97. The zero-order chi connectivity index (χ0) is 21.2. The number of hydrogen-bond acceptors (Lipinski definition) is 4. The van der Waals surface area contributed by atoms with Gasteiger partial charge < -0.3 is 14.6 Å². The lowest BCUT2D eigenvalue weighted by Gasteiger charge is -2.19. The van der Waals surface area contributed by atoms with E-state index in [9.17, 15) is 4.79 Å². The fourth-order valence-corrected chi connectivity index (χ4v) is 4.64. The summed E-state index contributed by atoms with van der Waals surface area (Å²) in [6.45, 7) is 2.63. The maximum atomic E-state index is 10.6. The molecule has 0 saturated carbocycles. The van der Waals surface area contributed by atoms with Crippen LogP contribution in [0.3, 0.4) is 0 Å². The van der Waals surface area contributed by atoms with Crippen LogP contribution in [0.25, 0.3) is 0 Å². The lowest BCUT2D eigenvalue weighted by atomic mass is 10.0. The molecule has 3 aromatic carbocycles. The average molecular weight is 415 g/mol. The van der Waals surface area contributed by atoms with Crippen molar-refractivity contribution >= 4 is 5.97 Å². The highest BCUT2D eigenvalue weighted by atomic mass is 16.5. The van der Waals surface area contributed by atoms with Crippen molar-refractivity contribution in [1.29, 1.82) is 0 Å². The molecule has 0 unspecified atom stereocenters. The summed E-state index contributed by atoms with van der Waals surface area (Å²) in [7, 11) is 0. The van der Waals surface area contributed by atoms with E-state index >= 15 is 0 Å². The number of ether oxygens (including phenoxy) is 2. The van der Waals surface area contributed by atoms with Crippen molar-refractivity contribution in [2.75, 3.05) is 6.61 Å². The maximum Gasteiger partial charge on any atom is 0.341 e. The Morgan fingerprint density at radius 1 is 0.935 bits per heavy atom. The van der Waals surface area contributed by atoms with Crippen LogP contribution in [-0.4, -0.2) is 22.6 Å². The molecule has 1 heterocycles. The third-order valence-electron chi connectivity index (χ3n) is 6.08. The third-order valence-corrected chi connectivity index (χ3v) is 6.08. The molecule has 31 heavy (non-hydrogen) atoms. The highest BCUT2D eigenvalue weighted by Gasteiger charge is 2.27. The summed E-state index contributed by atoms with van der Waals surface area (Å²) < 4.78 is 11.5. The number of aliphatic carboxylic acids is 1. The molecule has 0 radical (unpaired) electrons. The second kappa shape index (κ2) is 8.44. The molecule has 5 heteroatoms. The highest BCUT2D eigenvalue weighted by Crippen LogP contribution is 2.38. The molecule has 1 N–H and O–H groups in total. The molecule has 0 bridgehead atoms. The first-order chi connectivity index (χ1) is 15.2. The zero-order valence-corrected chi connectivity index (χ0v) is 17.3. The molecule has 5 rings (SSSR count). The molecule has 2 aliphatic rings. The van der Waals surface area contributed by atoms with Crippen molar-refractivity contribution in [2.24, 2.45) is 0 Å². The Bertz CT molecular complexity index is 1070. The number of nitrogens with zero attached hydrogens (tertiary/aromatic N) is 1. The predicted octanol–water partition coefficient (Wildman–Crippen LogP) is 4.73. The van der Waals surface area contributed by atoms with E-state index < -0.39 is 5.97 Å². The Labute approximate surface area is 181 Å². The van der Waals surface area contributed by atoms with Gasteiger partial charge >= 0.3 is 5.97 Å². The second-order valence-electron chi connectivity index (χ2n) is 8.20. The smallest absolute Gasteiger partial charge is 0.341 e. The SMILES string of the molecule is O=C(O)COc1ccc(O[C@@H]2CCc3c(CN4Cc5ccccc5C4)cccc32)cc1. The van der Waals surface area contributed by atoms with Crippen molar-refractivity contribution in [3.05, 3.63) is 94.5 Å². The van der Waals surface area contributed by atoms with E-state index in [0.717, 1.165) is 38.2 Å². The molecule has 3 aromatic rings. The van der Waals surface area contributed by atoms with E-state index in [1.807, 2.05) is 12.1 Å². The molecule has 158 valence electrons. The van der Waals surface area contributed by atoms with Gasteiger partial charge in [0.2, 0.25) is 0 Å². The van der Waals surface area contributed by atoms with Crippen LogP contribution in [0.2, 0.25) is 0 Å². The molecule has 0 fully saturated rings. The van der Waals surface area contributed by atoms with Crippen LogP contribution in [0.1, 0.15) is 40.3 Å². The van der Waals surface area contributed by atoms with Crippen LogP contribution >= 0.6 is 0 Å². The number of carbonyl (C=O) groups is 1. The molecular weight excluding hydrogens is 390 g/mol. The summed E-state index contributed by atoms with van der Waals surface area (Å²) in [4.78, 5) is 13.1. The second-order valence-corrected chi connectivity index (χ2v) is 8.20. The van der Waals surface area contributed by atoms with Gasteiger partial charge in [0.25, 0.3) is 0 Å². The van der Waals surface area contributed by atoms with Crippen molar-refractivity contribution in [3.63, 3.8) is 0 Å². The number of carboxylic acid groups (broad SMARTS) is 1. The average Bonchev–Trinajstić information content (AvgIpc) is 3.37. The molecule has 1 atom stereocenters. The first kappa shape index (κ1) is 19.6. The van der Waals surface area contributed by atoms with Gasteiger partial charge in [-0.15, -0.1) is 0 Å². The Balaban J connectivity index is 1.26. The molecule has 0 amide bonds. The predicted molar refractivity (Wildman–Crippen MR) is 117 cm³/mol. The molecular formula is C26H25NO4. The van der Waals surface area contributed by atoms with Gasteiger partial charge in [-0.25, -0.2) is 4.79 Å². The van der Waals surface area contributed by atoms with Gasteiger partial charge in [0, 0.05) is 19.6 Å². The van der Waals surface area contributed by atoms with E-state index in [1.54, 1.807) is 12.1 Å². The summed E-state index contributed by atoms with van der Waals surface area (Å²) in [6, 6.07) is 22.4. The Kier molecular flexibility index (Phi) is 5.35. The summed E-state index contributed by atoms with van der Waals surface area (Å²) in [6.07, 6.45) is 2.03.